The molecule has 0 saturated heterocycles. The normalized spacial score (nSPS) is 12.0. The maximum Gasteiger partial charge on any atom is 0.263 e. The second-order valence-electron chi connectivity index (χ2n) is 5.16. The summed E-state index contributed by atoms with van der Waals surface area (Å²) in [6.07, 6.45) is 2.61. The highest BCUT2D eigenvalue weighted by molar-refractivity contribution is 6.30. The highest BCUT2D eigenvalue weighted by Gasteiger charge is 2.12. The smallest absolute Gasteiger partial charge is 0.263 e. The van der Waals surface area contributed by atoms with Crippen molar-refractivity contribution in [3.05, 3.63) is 41.0 Å². The highest BCUT2D eigenvalue weighted by atomic mass is 35.5. The van der Waals surface area contributed by atoms with Gasteiger partial charge in [0.25, 0.3) is 5.91 Å². The first-order valence-electron chi connectivity index (χ1n) is 7.23. The number of amides is 1. The Hall–Kier alpha value is -2.01. The van der Waals surface area contributed by atoms with Crippen molar-refractivity contribution >= 4 is 23.3 Å². The van der Waals surface area contributed by atoms with Gasteiger partial charge in [0, 0.05) is 11.1 Å². The number of aryl methyl sites for hydroxylation is 1. The molecule has 0 fully saturated rings. The van der Waals surface area contributed by atoms with Gasteiger partial charge in [-0.1, -0.05) is 18.5 Å². The topological polar surface area (TPSA) is 56.2 Å². The first kappa shape index (κ1) is 16.4. The van der Waals surface area contributed by atoms with E-state index in [1.165, 1.54) is 0 Å². The van der Waals surface area contributed by atoms with Crippen LogP contribution in [0.3, 0.4) is 0 Å². The van der Waals surface area contributed by atoms with Crippen molar-refractivity contribution in [2.75, 3.05) is 11.9 Å². The van der Waals surface area contributed by atoms with E-state index in [1.54, 1.807) is 35.1 Å². The number of nitrogens with one attached hydrogen (secondary N) is 1. The zero-order valence-corrected chi connectivity index (χ0v) is 13.7. The van der Waals surface area contributed by atoms with Crippen LogP contribution in [0.4, 0.5) is 5.82 Å². The molecule has 1 amide bonds. The molecule has 1 aromatic heterocycles. The van der Waals surface area contributed by atoms with Crippen molar-refractivity contribution < 1.29 is 9.53 Å². The zero-order valence-electron chi connectivity index (χ0n) is 13.0. The lowest BCUT2D eigenvalue weighted by molar-refractivity contribution is -0.118. The fourth-order valence-electron chi connectivity index (χ4n) is 2.03. The molecule has 0 aliphatic rings. The van der Waals surface area contributed by atoms with Gasteiger partial charge in [-0.05, 0) is 44.0 Å². The summed E-state index contributed by atoms with van der Waals surface area (Å²) >= 11 is 5.89. The summed E-state index contributed by atoms with van der Waals surface area (Å²) in [6.45, 7) is 5.95. The van der Waals surface area contributed by atoms with E-state index in [-0.39, 0.29) is 18.6 Å². The van der Waals surface area contributed by atoms with Gasteiger partial charge in [0.05, 0.1) is 12.2 Å². The van der Waals surface area contributed by atoms with Crippen molar-refractivity contribution in [1.29, 1.82) is 0 Å². The minimum atomic E-state index is -0.223. The molecular weight excluding hydrogens is 302 g/mol. The number of aromatic nitrogens is 2. The van der Waals surface area contributed by atoms with Crippen LogP contribution in [0, 0.1) is 6.92 Å². The standard InChI is InChI=1S/C16H20ClN3O2/c1-4-12(3)20-15(7-8-18-20)19-16(21)10-22-14-6-5-13(17)9-11(14)2/h5-9,12H,4,10H2,1-3H3,(H,19,21)/t12-/m1/s1. The molecular formula is C16H20ClN3O2. The average molecular weight is 322 g/mol. The Bertz CT molecular complexity index is 655. The van der Waals surface area contributed by atoms with Gasteiger partial charge in [0.15, 0.2) is 6.61 Å². The van der Waals surface area contributed by atoms with Crippen LogP contribution in [-0.2, 0) is 4.79 Å². The Labute approximate surface area is 135 Å². The zero-order chi connectivity index (χ0) is 16.1. The average Bonchev–Trinajstić information content (AvgIpc) is 2.93. The van der Waals surface area contributed by atoms with E-state index in [9.17, 15) is 4.79 Å². The first-order chi connectivity index (χ1) is 10.5. The van der Waals surface area contributed by atoms with Crippen LogP contribution in [0.15, 0.2) is 30.5 Å². The van der Waals surface area contributed by atoms with Crippen LogP contribution in [0.5, 0.6) is 5.75 Å². The SMILES string of the molecule is CC[C@@H](C)n1nccc1NC(=O)COc1ccc(Cl)cc1C. The van der Waals surface area contributed by atoms with Gasteiger partial charge in [0.2, 0.25) is 0 Å². The molecule has 0 unspecified atom stereocenters. The molecule has 5 nitrogen and oxygen atoms in total. The Morgan fingerprint density at radius 1 is 1.45 bits per heavy atom. The molecule has 2 aromatic rings. The third-order valence-electron chi connectivity index (χ3n) is 3.44. The minimum absolute atomic E-state index is 0.0614. The second-order valence-corrected chi connectivity index (χ2v) is 5.60. The van der Waals surface area contributed by atoms with Crippen molar-refractivity contribution in [3.8, 4) is 5.75 Å². The molecule has 0 aliphatic carbocycles. The maximum absolute atomic E-state index is 12.0. The summed E-state index contributed by atoms with van der Waals surface area (Å²) in [5, 5.41) is 7.69. The number of carbonyl (C=O) groups excluding carboxylic acids is 1. The molecule has 22 heavy (non-hydrogen) atoms. The number of anilines is 1. The van der Waals surface area contributed by atoms with Gasteiger partial charge >= 0.3 is 0 Å². The Morgan fingerprint density at radius 2 is 2.23 bits per heavy atom. The molecule has 0 saturated carbocycles. The number of rotatable bonds is 6. The lowest BCUT2D eigenvalue weighted by Crippen LogP contribution is -2.23. The summed E-state index contributed by atoms with van der Waals surface area (Å²) in [6, 6.07) is 7.29. The van der Waals surface area contributed by atoms with E-state index in [1.807, 2.05) is 6.92 Å². The molecule has 6 heteroatoms. The quantitative estimate of drug-likeness (QED) is 0.879. The van der Waals surface area contributed by atoms with Crippen LogP contribution in [0.25, 0.3) is 0 Å². The summed E-state index contributed by atoms with van der Waals surface area (Å²) in [4.78, 5) is 12.0. The fourth-order valence-corrected chi connectivity index (χ4v) is 2.26. The molecule has 1 heterocycles. The molecule has 1 aromatic carbocycles. The number of ether oxygens (including phenoxy) is 1. The molecule has 0 aliphatic heterocycles. The summed E-state index contributed by atoms with van der Waals surface area (Å²) in [5.41, 5.74) is 0.893. The summed E-state index contributed by atoms with van der Waals surface area (Å²) < 4.78 is 7.33. The maximum atomic E-state index is 12.0. The van der Waals surface area contributed by atoms with Gasteiger partial charge in [-0.2, -0.15) is 5.10 Å². The Kier molecular flexibility index (Phi) is 5.44. The number of halogens is 1. The van der Waals surface area contributed by atoms with E-state index < -0.39 is 0 Å². The van der Waals surface area contributed by atoms with E-state index in [4.69, 9.17) is 16.3 Å². The van der Waals surface area contributed by atoms with Crippen molar-refractivity contribution in [1.82, 2.24) is 9.78 Å². The number of benzene rings is 1. The third kappa shape index (κ3) is 4.01. The van der Waals surface area contributed by atoms with Gasteiger partial charge in [-0.3, -0.25) is 4.79 Å². The Balaban J connectivity index is 1.95. The largest absolute Gasteiger partial charge is 0.483 e. The van der Waals surface area contributed by atoms with E-state index in [0.29, 0.717) is 16.6 Å². The van der Waals surface area contributed by atoms with E-state index in [0.717, 1.165) is 12.0 Å². The monoisotopic (exact) mass is 321 g/mol. The highest BCUT2D eigenvalue weighted by Crippen LogP contribution is 2.22. The molecule has 0 bridgehead atoms. The molecule has 0 radical (unpaired) electrons. The number of nitrogens with zero attached hydrogens (tertiary/aromatic N) is 2. The first-order valence-corrected chi connectivity index (χ1v) is 7.61. The summed E-state index contributed by atoms with van der Waals surface area (Å²) in [7, 11) is 0. The van der Waals surface area contributed by atoms with Crippen LogP contribution in [0.2, 0.25) is 5.02 Å². The van der Waals surface area contributed by atoms with Crippen molar-refractivity contribution in [2.45, 2.75) is 33.2 Å². The predicted molar refractivity (Wildman–Crippen MR) is 87.5 cm³/mol. The van der Waals surface area contributed by atoms with Crippen LogP contribution in [-0.4, -0.2) is 22.3 Å². The van der Waals surface area contributed by atoms with E-state index >= 15 is 0 Å². The van der Waals surface area contributed by atoms with Crippen LogP contribution >= 0.6 is 11.6 Å². The van der Waals surface area contributed by atoms with Gasteiger partial charge in [0.1, 0.15) is 11.6 Å². The third-order valence-corrected chi connectivity index (χ3v) is 3.68. The second kappa shape index (κ2) is 7.31. The molecule has 1 N–H and O–H groups in total. The lowest BCUT2D eigenvalue weighted by Gasteiger charge is -2.14. The van der Waals surface area contributed by atoms with Crippen LogP contribution < -0.4 is 10.1 Å². The molecule has 0 spiro atoms. The fraction of sp³-hybridized carbons (Fsp3) is 0.375. The molecule has 2 rings (SSSR count). The van der Waals surface area contributed by atoms with Crippen molar-refractivity contribution in [2.24, 2.45) is 0 Å². The van der Waals surface area contributed by atoms with Gasteiger partial charge in [-0.15, -0.1) is 0 Å². The number of carbonyl (C=O) groups is 1. The number of hydrogen-bond donors (Lipinski definition) is 1. The van der Waals surface area contributed by atoms with E-state index in [2.05, 4.69) is 24.3 Å². The Morgan fingerprint density at radius 3 is 2.91 bits per heavy atom. The lowest BCUT2D eigenvalue weighted by atomic mass is 10.2. The van der Waals surface area contributed by atoms with Gasteiger partial charge < -0.3 is 10.1 Å². The predicted octanol–water partition coefficient (Wildman–Crippen LogP) is 3.83. The van der Waals surface area contributed by atoms with Crippen molar-refractivity contribution in [3.63, 3.8) is 0 Å². The number of hydrogen-bond acceptors (Lipinski definition) is 3. The summed E-state index contributed by atoms with van der Waals surface area (Å²) in [5.74, 6) is 1.10. The van der Waals surface area contributed by atoms with Crippen LogP contribution in [0.1, 0.15) is 31.9 Å². The molecule has 1 atom stereocenters. The van der Waals surface area contributed by atoms with Gasteiger partial charge in [-0.25, -0.2) is 4.68 Å². The minimum Gasteiger partial charge on any atom is -0.483 e. The molecule has 118 valence electrons.